The first-order valence-corrected chi connectivity index (χ1v) is 4.02. The van der Waals surface area contributed by atoms with E-state index in [9.17, 15) is 0 Å². The predicted octanol–water partition coefficient (Wildman–Crippen LogP) is 1.50. The maximum Gasteiger partial charge on any atom is 0.127 e. The van der Waals surface area contributed by atoms with Gasteiger partial charge >= 0.3 is 0 Å². The van der Waals surface area contributed by atoms with E-state index in [1.54, 1.807) is 12.3 Å². The van der Waals surface area contributed by atoms with Gasteiger partial charge in [0.25, 0.3) is 0 Å². The molecule has 0 spiro atoms. The van der Waals surface area contributed by atoms with Gasteiger partial charge in [-0.3, -0.25) is 0 Å². The summed E-state index contributed by atoms with van der Waals surface area (Å²) >= 11 is 5.86. The molecule has 1 atom stereocenters. The van der Waals surface area contributed by atoms with Gasteiger partial charge in [0.1, 0.15) is 5.15 Å². The van der Waals surface area contributed by atoms with Crippen molar-refractivity contribution in [3.05, 3.63) is 17.4 Å². The summed E-state index contributed by atoms with van der Waals surface area (Å²) < 4.78 is 7.03. The van der Waals surface area contributed by atoms with Crippen LogP contribution in [0.3, 0.4) is 0 Å². The van der Waals surface area contributed by atoms with E-state index < -0.39 is 0 Å². The van der Waals surface area contributed by atoms with Gasteiger partial charge in [-0.2, -0.15) is 5.10 Å². The van der Waals surface area contributed by atoms with Crippen LogP contribution in [0.4, 0.5) is 0 Å². The van der Waals surface area contributed by atoms with Crippen molar-refractivity contribution in [1.29, 1.82) is 0 Å². The Labute approximate surface area is 69.9 Å². The Morgan fingerprint density at radius 1 is 1.73 bits per heavy atom. The summed E-state index contributed by atoms with van der Waals surface area (Å²) in [6.45, 7) is 1.56. The van der Waals surface area contributed by atoms with Crippen molar-refractivity contribution in [2.45, 2.75) is 12.5 Å². The maximum atomic E-state index is 5.86. The summed E-state index contributed by atoms with van der Waals surface area (Å²) in [5.74, 6) is 0. The minimum atomic E-state index is 0.345. The lowest BCUT2D eigenvalue weighted by Crippen LogP contribution is -2.09. The minimum Gasteiger partial charge on any atom is -0.379 e. The van der Waals surface area contributed by atoms with Crippen LogP contribution < -0.4 is 0 Å². The number of nitrogens with zero attached hydrogens (tertiary/aromatic N) is 2. The fourth-order valence-corrected chi connectivity index (χ4v) is 1.52. The van der Waals surface area contributed by atoms with Gasteiger partial charge in [0.2, 0.25) is 0 Å². The van der Waals surface area contributed by atoms with E-state index in [2.05, 4.69) is 5.10 Å². The van der Waals surface area contributed by atoms with Gasteiger partial charge in [-0.15, -0.1) is 0 Å². The number of hydrogen-bond donors (Lipinski definition) is 0. The first-order valence-electron chi connectivity index (χ1n) is 3.64. The maximum absolute atomic E-state index is 5.86. The lowest BCUT2D eigenvalue weighted by molar-refractivity contribution is 0.184. The van der Waals surface area contributed by atoms with E-state index in [-0.39, 0.29) is 0 Å². The number of rotatable bonds is 1. The zero-order chi connectivity index (χ0) is 7.68. The predicted molar refractivity (Wildman–Crippen MR) is 41.7 cm³/mol. The summed E-state index contributed by atoms with van der Waals surface area (Å²) in [5, 5.41) is 4.80. The number of halogens is 1. The van der Waals surface area contributed by atoms with Crippen LogP contribution in [0, 0.1) is 0 Å². The fourth-order valence-electron chi connectivity index (χ4n) is 1.28. The van der Waals surface area contributed by atoms with E-state index in [4.69, 9.17) is 16.3 Å². The molecule has 0 radical (unpaired) electrons. The zero-order valence-electron chi connectivity index (χ0n) is 6.03. The molecule has 0 N–H and O–H groups in total. The fraction of sp³-hybridized carbons (Fsp3) is 0.571. The molecule has 1 unspecified atom stereocenters. The number of aromatic nitrogens is 2. The van der Waals surface area contributed by atoms with Gasteiger partial charge in [0.15, 0.2) is 0 Å². The number of ether oxygens (including phenoxy) is 1. The molecule has 0 bridgehead atoms. The first kappa shape index (κ1) is 7.13. The Balaban J connectivity index is 2.21. The Bertz CT molecular complexity index is 242. The molecule has 0 aromatic carbocycles. The second kappa shape index (κ2) is 2.83. The van der Waals surface area contributed by atoms with E-state index >= 15 is 0 Å². The van der Waals surface area contributed by atoms with Gasteiger partial charge in [0.05, 0.1) is 18.8 Å². The lowest BCUT2D eigenvalue weighted by Gasteiger charge is -2.08. The van der Waals surface area contributed by atoms with Gasteiger partial charge < -0.3 is 4.74 Å². The molecule has 0 amide bonds. The molecule has 2 heterocycles. The summed E-state index contributed by atoms with van der Waals surface area (Å²) in [6.07, 6.45) is 2.72. The summed E-state index contributed by atoms with van der Waals surface area (Å²) in [5.41, 5.74) is 0. The van der Waals surface area contributed by atoms with Crippen molar-refractivity contribution in [3.8, 4) is 0 Å². The highest BCUT2D eigenvalue weighted by atomic mass is 35.5. The third-order valence-electron chi connectivity index (χ3n) is 1.87. The molecule has 1 aliphatic rings. The van der Waals surface area contributed by atoms with Gasteiger partial charge in [0, 0.05) is 6.61 Å². The summed E-state index contributed by atoms with van der Waals surface area (Å²) in [7, 11) is 0. The highest BCUT2D eigenvalue weighted by Crippen LogP contribution is 2.21. The second-order valence-corrected chi connectivity index (χ2v) is 3.00. The van der Waals surface area contributed by atoms with E-state index in [0.717, 1.165) is 19.6 Å². The Kier molecular flexibility index (Phi) is 1.84. The standard InChI is InChI=1S/C7H9ClN2O/c8-7-1-3-9-10(7)6-2-4-11-5-6/h1,3,6H,2,4-5H2. The minimum absolute atomic E-state index is 0.345. The molecule has 0 aliphatic carbocycles. The van der Waals surface area contributed by atoms with Crippen LogP contribution in [-0.4, -0.2) is 23.0 Å². The largest absolute Gasteiger partial charge is 0.379 e. The van der Waals surface area contributed by atoms with Crippen LogP contribution in [0.25, 0.3) is 0 Å². The quantitative estimate of drug-likeness (QED) is 0.642. The van der Waals surface area contributed by atoms with Gasteiger partial charge in [-0.25, -0.2) is 4.68 Å². The van der Waals surface area contributed by atoms with Crippen LogP contribution in [-0.2, 0) is 4.74 Å². The van der Waals surface area contributed by atoms with E-state index in [1.165, 1.54) is 0 Å². The topological polar surface area (TPSA) is 27.1 Å². The van der Waals surface area contributed by atoms with Crippen LogP contribution in [0.5, 0.6) is 0 Å². The molecule has 3 nitrogen and oxygen atoms in total. The molecule has 0 saturated carbocycles. The molecule has 1 aromatic heterocycles. The summed E-state index contributed by atoms with van der Waals surface area (Å²) in [4.78, 5) is 0. The monoisotopic (exact) mass is 172 g/mol. The van der Waals surface area contributed by atoms with E-state index in [0.29, 0.717) is 11.2 Å². The van der Waals surface area contributed by atoms with Gasteiger partial charge in [-0.1, -0.05) is 11.6 Å². The highest BCUT2D eigenvalue weighted by molar-refractivity contribution is 6.29. The van der Waals surface area contributed by atoms with Crippen LogP contribution in [0.15, 0.2) is 12.3 Å². The normalized spacial score (nSPS) is 24.3. The molecule has 11 heavy (non-hydrogen) atoms. The third kappa shape index (κ3) is 1.26. The smallest absolute Gasteiger partial charge is 0.127 e. The SMILES string of the molecule is Clc1ccnn1C1CCOC1. The molecule has 1 saturated heterocycles. The molecule has 1 aromatic rings. The first-order chi connectivity index (χ1) is 5.38. The van der Waals surface area contributed by atoms with Crippen LogP contribution in [0.1, 0.15) is 12.5 Å². The van der Waals surface area contributed by atoms with Crippen molar-refractivity contribution >= 4 is 11.6 Å². The van der Waals surface area contributed by atoms with Crippen molar-refractivity contribution in [2.75, 3.05) is 13.2 Å². The second-order valence-electron chi connectivity index (χ2n) is 2.62. The lowest BCUT2D eigenvalue weighted by atomic mass is 10.3. The molecule has 1 fully saturated rings. The highest BCUT2D eigenvalue weighted by Gasteiger charge is 2.19. The van der Waals surface area contributed by atoms with Crippen molar-refractivity contribution in [3.63, 3.8) is 0 Å². The van der Waals surface area contributed by atoms with Crippen LogP contribution >= 0.6 is 11.6 Å². The molecular formula is C7H9ClN2O. The van der Waals surface area contributed by atoms with Gasteiger partial charge in [-0.05, 0) is 12.5 Å². The molecule has 2 rings (SSSR count). The average Bonchev–Trinajstić information content (AvgIpc) is 2.55. The Morgan fingerprint density at radius 2 is 2.64 bits per heavy atom. The summed E-state index contributed by atoms with van der Waals surface area (Å²) in [6, 6.07) is 2.14. The number of hydrogen-bond acceptors (Lipinski definition) is 2. The Hall–Kier alpha value is -0.540. The van der Waals surface area contributed by atoms with E-state index in [1.807, 2.05) is 4.68 Å². The van der Waals surface area contributed by atoms with Crippen LogP contribution in [0.2, 0.25) is 5.15 Å². The van der Waals surface area contributed by atoms with Crippen molar-refractivity contribution < 1.29 is 4.74 Å². The molecule has 1 aliphatic heterocycles. The van der Waals surface area contributed by atoms with Crippen molar-refractivity contribution in [1.82, 2.24) is 9.78 Å². The Morgan fingerprint density at radius 3 is 3.18 bits per heavy atom. The molecular weight excluding hydrogens is 164 g/mol. The average molecular weight is 173 g/mol. The third-order valence-corrected chi connectivity index (χ3v) is 2.17. The molecule has 60 valence electrons. The molecule has 4 heteroatoms. The van der Waals surface area contributed by atoms with Crippen molar-refractivity contribution in [2.24, 2.45) is 0 Å². The zero-order valence-corrected chi connectivity index (χ0v) is 6.79.